The molecule has 21 heavy (non-hydrogen) atoms. The van der Waals surface area contributed by atoms with E-state index < -0.39 is 0 Å². The van der Waals surface area contributed by atoms with Crippen molar-refractivity contribution in [3.8, 4) is 11.8 Å². The van der Waals surface area contributed by atoms with E-state index in [-0.39, 0.29) is 6.04 Å². The van der Waals surface area contributed by atoms with Crippen molar-refractivity contribution in [2.24, 2.45) is 0 Å². The van der Waals surface area contributed by atoms with Crippen LogP contribution in [-0.2, 0) is 0 Å². The third kappa shape index (κ3) is 3.45. The summed E-state index contributed by atoms with van der Waals surface area (Å²) in [4.78, 5) is 8.66. The number of methoxy groups -OCH3 is 2. The first-order valence-electron chi connectivity index (χ1n) is 6.17. The predicted molar refractivity (Wildman–Crippen MR) is 85.2 cm³/mol. The largest absolute Gasteiger partial charge is 0.480 e. The molecule has 1 atom stereocenters. The van der Waals surface area contributed by atoms with Crippen molar-refractivity contribution in [3.63, 3.8) is 0 Å². The predicted octanol–water partition coefficient (Wildman–Crippen LogP) is 3.22. The smallest absolute Gasteiger partial charge is 0.240 e. The SMILES string of the molecule is CNC(c1cc(Cl)ccc1Br)c1ncc(OC)nc1OC. The molecular formula is C14H15BrClN3O2. The van der Waals surface area contributed by atoms with Gasteiger partial charge in [0.25, 0.3) is 0 Å². The van der Waals surface area contributed by atoms with E-state index in [2.05, 4.69) is 31.2 Å². The van der Waals surface area contributed by atoms with Gasteiger partial charge in [-0.15, -0.1) is 0 Å². The van der Waals surface area contributed by atoms with Crippen LogP contribution in [0.2, 0.25) is 5.02 Å². The van der Waals surface area contributed by atoms with E-state index in [1.54, 1.807) is 13.3 Å². The topological polar surface area (TPSA) is 56.3 Å². The molecular weight excluding hydrogens is 358 g/mol. The second-order valence-corrected chi connectivity index (χ2v) is 5.49. The fourth-order valence-electron chi connectivity index (χ4n) is 1.99. The van der Waals surface area contributed by atoms with E-state index in [0.29, 0.717) is 22.5 Å². The molecule has 0 radical (unpaired) electrons. The summed E-state index contributed by atoms with van der Waals surface area (Å²) >= 11 is 9.62. The van der Waals surface area contributed by atoms with Crippen LogP contribution < -0.4 is 14.8 Å². The van der Waals surface area contributed by atoms with Crippen LogP contribution in [0.5, 0.6) is 11.8 Å². The maximum Gasteiger partial charge on any atom is 0.240 e. The monoisotopic (exact) mass is 371 g/mol. The van der Waals surface area contributed by atoms with Gasteiger partial charge in [0.15, 0.2) is 0 Å². The van der Waals surface area contributed by atoms with E-state index in [9.17, 15) is 0 Å². The Morgan fingerprint density at radius 3 is 2.67 bits per heavy atom. The van der Waals surface area contributed by atoms with Crippen LogP contribution in [0.4, 0.5) is 0 Å². The van der Waals surface area contributed by atoms with Gasteiger partial charge in [0.2, 0.25) is 11.8 Å². The van der Waals surface area contributed by atoms with Crippen LogP contribution in [0.1, 0.15) is 17.3 Å². The third-order valence-corrected chi connectivity index (χ3v) is 3.94. The lowest BCUT2D eigenvalue weighted by Crippen LogP contribution is -2.21. The van der Waals surface area contributed by atoms with Crippen LogP contribution in [0.3, 0.4) is 0 Å². The highest BCUT2D eigenvalue weighted by Gasteiger charge is 2.22. The molecule has 0 aliphatic heterocycles. The summed E-state index contributed by atoms with van der Waals surface area (Å²) in [6.45, 7) is 0. The molecule has 0 aliphatic carbocycles. The molecule has 1 heterocycles. The lowest BCUT2D eigenvalue weighted by atomic mass is 10.0. The zero-order valence-electron chi connectivity index (χ0n) is 11.9. The Morgan fingerprint density at radius 2 is 2.05 bits per heavy atom. The normalized spacial score (nSPS) is 12.0. The molecule has 112 valence electrons. The molecule has 2 aromatic rings. The van der Waals surface area contributed by atoms with Crippen molar-refractivity contribution in [3.05, 3.63) is 45.1 Å². The number of rotatable bonds is 5. The van der Waals surface area contributed by atoms with Gasteiger partial charge in [-0.05, 0) is 30.8 Å². The van der Waals surface area contributed by atoms with Gasteiger partial charge < -0.3 is 14.8 Å². The van der Waals surface area contributed by atoms with Gasteiger partial charge in [0, 0.05) is 9.50 Å². The van der Waals surface area contributed by atoms with Gasteiger partial charge >= 0.3 is 0 Å². The molecule has 0 aliphatic rings. The zero-order chi connectivity index (χ0) is 15.4. The number of hydrogen-bond donors (Lipinski definition) is 1. The molecule has 0 saturated carbocycles. The number of halogens is 2. The molecule has 5 nitrogen and oxygen atoms in total. The van der Waals surface area contributed by atoms with Crippen LogP contribution in [0, 0.1) is 0 Å². The molecule has 0 spiro atoms. The lowest BCUT2D eigenvalue weighted by molar-refractivity contribution is 0.353. The standard InChI is InChI=1S/C14H15BrClN3O2/c1-17-12(9-6-8(16)4-5-10(9)15)13-14(21-3)19-11(20-2)7-18-13/h4-7,12,17H,1-3H3. The molecule has 1 aromatic carbocycles. The van der Waals surface area contributed by atoms with E-state index >= 15 is 0 Å². The molecule has 1 aromatic heterocycles. The number of ether oxygens (including phenoxy) is 2. The van der Waals surface area contributed by atoms with Crippen molar-refractivity contribution in [2.45, 2.75) is 6.04 Å². The highest BCUT2D eigenvalue weighted by molar-refractivity contribution is 9.10. The van der Waals surface area contributed by atoms with Crippen LogP contribution >= 0.6 is 27.5 Å². The van der Waals surface area contributed by atoms with Crippen LogP contribution in [0.15, 0.2) is 28.9 Å². The molecule has 0 bridgehead atoms. The average molecular weight is 373 g/mol. The first-order chi connectivity index (χ1) is 10.1. The Hall–Kier alpha value is -1.37. The summed E-state index contributed by atoms with van der Waals surface area (Å²) < 4.78 is 11.3. The van der Waals surface area contributed by atoms with Gasteiger partial charge in [-0.1, -0.05) is 27.5 Å². The molecule has 0 saturated heterocycles. The number of nitrogens with zero attached hydrogens (tertiary/aromatic N) is 2. The second kappa shape index (κ2) is 7.06. The Balaban J connectivity index is 2.53. The van der Waals surface area contributed by atoms with Crippen molar-refractivity contribution in [1.82, 2.24) is 15.3 Å². The lowest BCUT2D eigenvalue weighted by Gasteiger charge is -2.19. The minimum Gasteiger partial charge on any atom is -0.480 e. The van der Waals surface area contributed by atoms with Crippen molar-refractivity contribution >= 4 is 27.5 Å². The fraction of sp³-hybridized carbons (Fsp3) is 0.286. The maximum atomic E-state index is 6.09. The Kier molecular flexibility index (Phi) is 5.39. The Bertz CT molecular complexity index is 640. The van der Waals surface area contributed by atoms with E-state index in [0.717, 1.165) is 10.0 Å². The highest BCUT2D eigenvalue weighted by Crippen LogP contribution is 2.33. The quantitative estimate of drug-likeness (QED) is 0.873. The molecule has 2 rings (SSSR count). The molecule has 0 fully saturated rings. The van der Waals surface area contributed by atoms with E-state index in [1.165, 1.54) is 7.11 Å². The van der Waals surface area contributed by atoms with Crippen molar-refractivity contribution in [1.29, 1.82) is 0 Å². The number of hydrogen-bond acceptors (Lipinski definition) is 5. The van der Waals surface area contributed by atoms with Gasteiger partial charge in [-0.3, -0.25) is 0 Å². The van der Waals surface area contributed by atoms with E-state index in [1.807, 2.05) is 25.2 Å². The van der Waals surface area contributed by atoms with E-state index in [4.69, 9.17) is 21.1 Å². The van der Waals surface area contributed by atoms with Gasteiger partial charge in [-0.25, -0.2) is 4.98 Å². The summed E-state index contributed by atoms with van der Waals surface area (Å²) in [5, 5.41) is 3.85. The minimum atomic E-state index is -0.216. The molecule has 7 heteroatoms. The number of aromatic nitrogens is 2. The maximum absolute atomic E-state index is 6.09. The average Bonchev–Trinajstić information content (AvgIpc) is 2.51. The summed E-state index contributed by atoms with van der Waals surface area (Å²) in [6, 6.07) is 5.37. The molecule has 1 N–H and O–H groups in total. The zero-order valence-corrected chi connectivity index (χ0v) is 14.2. The molecule has 0 amide bonds. The van der Waals surface area contributed by atoms with Crippen molar-refractivity contribution < 1.29 is 9.47 Å². The Morgan fingerprint density at radius 1 is 1.29 bits per heavy atom. The van der Waals surface area contributed by atoms with Crippen molar-refractivity contribution in [2.75, 3.05) is 21.3 Å². The first-order valence-corrected chi connectivity index (χ1v) is 7.35. The fourth-order valence-corrected chi connectivity index (χ4v) is 2.64. The first kappa shape index (κ1) is 16.0. The van der Waals surface area contributed by atoms with Gasteiger partial charge in [0.05, 0.1) is 26.5 Å². The number of nitrogens with one attached hydrogen (secondary N) is 1. The third-order valence-electron chi connectivity index (χ3n) is 2.98. The number of benzene rings is 1. The second-order valence-electron chi connectivity index (χ2n) is 4.19. The summed E-state index contributed by atoms with van der Waals surface area (Å²) in [7, 11) is 4.92. The van der Waals surface area contributed by atoms with Gasteiger partial charge in [-0.2, -0.15) is 4.98 Å². The minimum absolute atomic E-state index is 0.216. The Labute approximate surface area is 136 Å². The van der Waals surface area contributed by atoms with Crippen LogP contribution in [0.25, 0.3) is 0 Å². The van der Waals surface area contributed by atoms with Crippen LogP contribution in [-0.4, -0.2) is 31.2 Å². The van der Waals surface area contributed by atoms with Gasteiger partial charge in [0.1, 0.15) is 5.69 Å². The summed E-state index contributed by atoms with van der Waals surface area (Å²) in [6.07, 6.45) is 1.56. The summed E-state index contributed by atoms with van der Waals surface area (Å²) in [5.74, 6) is 0.802. The molecule has 1 unspecified atom stereocenters. The summed E-state index contributed by atoms with van der Waals surface area (Å²) in [5.41, 5.74) is 1.60. The highest BCUT2D eigenvalue weighted by atomic mass is 79.9.